The zero-order valence-electron chi connectivity index (χ0n) is 35.7. The number of carbonyl (C=O) groups excluding carboxylic acids is 2. The van der Waals surface area contributed by atoms with Gasteiger partial charge in [0, 0.05) is 37.7 Å². The molecule has 1 heterocycles. The van der Waals surface area contributed by atoms with Gasteiger partial charge in [0.2, 0.25) is 5.79 Å². The minimum atomic E-state index is -1.54. The molecule has 13 heteroatoms. The number of amides is 1. The maximum Gasteiger partial charge on any atom is 0.410 e. The fourth-order valence-corrected chi connectivity index (χ4v) is 9.26. The summed E-state index contributed by atoms with van der Waals surface area (Å²) >= 11 is 0. The number of aliphatic hydroxyl groups is 2. The molecule has 1 aliphatic heterocycles. The second-order valence-corrected chi connectivity index (χ2v) is 15.8. The van der Waals surface area contributed by atoms with Gasteiger partial charge in [0.05, 0.1) is 37.5 Å². The summed E-state index contributed by atoms with van der Waals surface area (Å²) in [6, 6.07) is 15.8. The number of halogens is 1. The Hall–Kier alpha value is -5.50. The van der Waals surface area contributed by atoms with Crippen LogP contribution in [0.4, 0.5) is 9.18 Å². The minimum absolute atomic E-state index is 0.0171. The Kier molecular flexibility index (Phi) is 16.4. The number of ether oxygens (including phenoxy) is 5. The number of nitrogens with zero attached hydrogens (tertiary/aromatic N) is 2. The van der Waals surface area contributed by atoms with Gasteiger partial charge < -0.3 is 38.7 Å². The lowest BCUT2D eigenvalue weighted by Gasteiger charge is -2.59. The molecule has 1 saturated carbocycles. The van der Waals surface area contributed by atoms with Gasteiger partial charge in [-0.15, -0.1) is 13.2 Å². The molecule has 3 aromatic rings. The highest BCUT2D eigenvalue weighted by Gasteiger charge is 2.65. The van der Waals surface area contributed by atoms with Gasteiger partial charge >= 0.3 is 6.09 Å². The molecule has 62 heavy (non-hydrogen) atoms. The van der Waals surface area contributed by atoms with Crippen LogP contribution in [0.15, 0.2) is 103 Å². The second kappa shape index (κ2) is 22.0. The van der Waals surface area contributed by atoms with Crippen molar-refractivity contribution in [2.75, 3.05) is 40.1 Å². The van der Waals surface area contributed by atoms with Crippen molar-refractivity contribution in [1.82, 2.24) is 4.90 Å². The Morgan fingerprint density at radius 2 is 1.74 bits per heavy atom. The number of unbranched alkanes of at least 4 members (excludes halogenated alkanes) is 2. The maximum absolute atomic E-state index is 14.5. The monoisotopic (exact) mass is 854 g/mol. The number of allylic oxidation sites excluding steroid dienone is 1. The average molecular weight is 855 g/mol. The fourth-order valence-electron chi connectivity index (χ4n) is 9.26. The fraction of sp³-hybridized carbons (Fsp3) is 0.449. The third-order valence-corrected chi connectivity index (χ3v) is 11.9. The average Bonchev–Trinajstić information content (AvgIpc) is 3.28. The molecule has 3 aliphatic rings. The zero-order chi connectivity index (χ0) is 44.1. The van der Waals surface area contributed by atoms with E-state index in [0.29, 0.717) is 72.0 Å². The number of methoxy groups -OCH3 is 1. The second-order valence-electron chi connectivity index (χ2n) is 15.8. The van der Waals surface area contributed by atoms with E-state index in [9.17, 15) is 24.2 Å². The molecule has 0 saturated heterocycles. The first kappa shape index (κ1) is 46.0. The minimum Gasteiger partial charge on any atom is -0.496 e. The Bertz CT molecular complexity index is 2070. The van der Waals surface area contributed by atoms with Crippen molar-refractivity contribution >= 4 is 18.1 Å². The molecule has 0 unspecified atom stereocenters. The number of benzene rings is 3. The topological polar surface area (TPSA) is 146 Å². The van der Waals surface area contributed by atoms with Gasteiger partial charge in [-0.2, -0.15) is 0 Å². The molecule has 0 aromatic heterocycles. The van der Waals surface area contributed by atoms with Gasteiger partial charge in [0.1, 0.15) is 41.5 Å². The van der Waals surface area contributed by atoms with E-state index in [1.165, 1.54) is 19.2 Å². The zero-order valence-corrected chi connectivity index (χ0v) is 35.7. The molecule has 0 bridgehead atoms. The maximum atomic E-state index is 14.5. The lowest BCUT2D eigenvalue weighted by molar-refractivity contribution is -0.256. The number of hydrogen-bond acceptors (Lipinski definition) is 11. The van der Waals surface area contributed by atoms with Crippen molar-refractivity contribution < 1.29 is 52.7 Å². The van der Waals surface area contributed by atoms with E-state index in [1.807, 2.05) is 19.1 Å². The smallest absolute Gasteiger partial charge is 0.410 e. The third kappa shape index (κ3) is 10.2. The summed E-state index contributed by atoms with van der Waals surface area (Å²) in [4.78, 5) is 33.9. The van der Waals surface area contributed by atoms with Crippen LogP contribution in [-0.2, 0) is 20.9 Å². The number of aldehydes is 1. The number of carbonyl (C=O) groups is 2. The molecular formula is C49H59FN2O10. The van der Waals surface area contributed by atoms with E-state index in [0.717, 1.165) is 36.8 Å². The van der Waals surface area contributed by atoms with Crippen LogP contribution in [0, 0.1) is 23.6 Å². The summed E-state index contributed by atoms with van der Waals surface area (Å²) in [6.45, 7) is 10.3. The number of hydrogen-bond donors (Lipinski definition) is 2. The molecule has 3 aromatic carbocycles. The van der Waals surface area contributed by atoms with Gasteiger partial charge in [-0.3, -0.25) is 9.69 Å². The van der Waals surface area contributed by atoms with Crippen molar-refractivity contribution in [1.29, 1.82) is 0 Å². The SMILES string of the molecule is C=CCCOC(=O)N(Cc1ccc(F)cc1)[C@H]1CC(=NOCC)C2=C[C@H](CCCCO)[C@@H](CCCCO)[C@@H]3c4cc(Oc5ccc(OC)c(C=O)c5)ccc4O[C@@]1(OCC=C)[C@H]23. The van der Waals surface area contributed by atoms with Gasteiger partial charge in [-0.1, -0.05) is 48.4 Å². The van der Waals surface area contributed by atoms with Crippen molar-refractivity contribution in [3.8, 4) is 23.0 Å². The highest BCUT2D eigenvalue weighted by molar-refractivity contribution is 6.03. The lowest BCUT2D eigenvalue weighted by atomic mass is 9.55. The third-order valence-electron chi connectivity index (χ3n) is 11.9. The van der Waals surface area contributed by atoms with Crippen molar-refractivity contribution in [3.05, 3.63) is 120 Å². The van der Waals surface area contributed by atoms with Gasteiger partial charge in [-0.25, -0.2) is 9.18 Å². The van der Waals surface area contributed by atoms with E-state index < -0.39 is 29.7 Å². The Morgan fingerprint density at radius 3 is 2.44 bits per heavy atom. The highest BCUT2D eigenvalue weighted by atomic mass is 19.1. The number of aliphatic hydroxyl groups excluding tert-OH is 2. The van der Waals surface area contributed by atoms with Crippen LogP contribution in [0.3, 0.4) is 0 Å². The Balaban J connectivity index is 1.59. The first-order valence-electron chi connectivity index (χ1n) is 21.6. The summed E-state index contributed by atoms with van der Waals surface area (Å²) in [7, 11) is 1.50. The van der Waals surface area contributed by atoms with Crippen LogP contribution < -0.4 is 14.2 Å². The first-order chi connectivity index (χ1) is 30.2. The molecule has 2 aliphatic carbocycles. The van der Waals surface area contributed by atoms with Crippen LogP contribution >= 0.6 is 0 Å². The predicted molar refractivity (Wildman–Crippen MR) is 233 cm³/mol. The Labute approximate surface area is 363 Å². The van der Waals surface area contributed by atoms with Gasteiger partial charge in [-0.05, 0) is 111 Å². The van der Waals surface area contributed by atoms with Crippen LogP contribution in [0.1, 0.15) is 85.7 Å². The van der Waals surface area contributed by atoms with Crippen LogP contribution in [0.25, 0.3) is 0 Å². The van der Waals surface area contributed by atoms with E-state index in [2.05, 4.69) is 19.2 Å². The predicted octanol–water partition coefficient (Wildman–Crippen LogP) is 9.31. The molecular weight excluding hydrogens is 796 g/mol. The van der Waals surface area contributed by atoms with Gasteiger partial charge in [0.15, 0.2) is 6.29 Å². The molecule has 1 amide bonds. The standard InChI is InChI=1S/C49H59FN2O10/c1-5-8-26-58-48(56)52(31-33-15-17-36(50)18-16-33)45-30-42(51-60-7-3)40-28-34(13-9-11-23-53)39(14-10-12-24-54)46-41-29-38(61-37-19-21-43(57-4)35(27-37)32-55)20-22-44(41)62-49(45,47(40)46)59-25-6-2/h5-6,15-22,27-29,32,34,39,45-47,53-54H,1-2,7-14,23-26,30-31H2,3-4H3/t34-,39+,45-,46+,47+,49+/m0/s1. The van der Waals surface area contributed by atoms with Crippen molar-refractivity contribution in [2.45, 2.75) is 82.6 Å². The van der Waals surface area contributed by atoms with Crippen molar-refractivity contribution in [3.63, 3.8) is 0 Å². The molecule has 6 atom stereocenters. The Morgan fingerprint density at radius 1 is 1.00 bits per heavy atom. The highest BCUT2D eigenvalue weighted by Crippen LogP contribution is 2.62. The molecule has 6 rings (SSSR count). The molecule has 332 valence electrons. The van der Waals surface area contributed by atoms with E-state index in [-0.39, 0.29) is 57.1 Å². The summed E-state index contributed by atoms with van der Waals surface area (Å²) in [5, 5.41) is 24.6. The molecule has 1 fully saturated rings. The molecule has 2 N–H and O–H groups in total. The van der Waals surface area contributed by atoms with Crippen LogP contribution in [-0.4, -0.2) is 85.2 Å². The van der Waals surface area contributed by atoms with Gasteiger partial charge in [0.25, 0.3) is 0 Å². The molecule has 0 spiro atoms. The van der Waals surface area contributed by atoms with E-state index >= 15 is 0 Å². The van der Waals surface area contributed by atoms with Crippen LogP contribution in [0.2, 0.25) is 0 Å². The van der Waals surface area contributed by atoms with Crippen molar-refractivity contribution in [2.24, 2.45) is 22.9 Å². The molecule has 0 radical (unpaired) electrons. The van der Waals surface area contributed by atoms with E-state index in [4.69, 9.17) is 33.7 Å². The summed E-state index contributed by atoms with van der Waals surface area (Å²) in [5.41, 5.74) is 3.37. The quantitative estimate of drug-likeness (QED) is 0.0410. The molecule has 12 nitrogen and oxygen atoms in total. The largest absolute Gasteiger partial charge is 0.496 e. The first-order valence-corrected chi connectivity index (χ1v) is 21.6. The lowest BCUT2D eigenvalue weighted by Crippen LogP contribution is -2.70. The number of fused-ring (bicyclic) bond motifs is 2. The number of rotatable bonds is 23. The van der Waals surface area contributed by atoms with Crippen LogP contribution in [0.5, 0.6) is 23.0 Å². The summed E-state index contributed by atoms with van der Waals surface area (Å²) in [6.07, 6.45) is 10.6. The summed E-state index contributed by atoms with van der Waals surface area (Å²) < 4.78 is 46.3. The normalized spacial score (nSPS) is 22.9. The summed E-state index contributed by atoms with van der Waals surface area (Å²) in [5.74, 6) is -0.937. The number of oxime groups is 1. The van der Waals surface area contributed by atoms with E-state index in [1.54, 1.807) is 53.5 Å².